The number of carbonyl (C=O) groups excluding carboxylic acids is 1. The quantitative estimate of drug-likeness (QED) is 0.675. The Kier molecular flexibility index (Phi) is 5.44. The lowest BCUT2D eigenvalue weighted by atomic mass is 10.1. The van der Waals surface area contributed by atoms with Gasteiger partial charge in [0.2, 0.25) is 0 Å². The summed E-state index contributed by atoms with van der Waals surface area (Å²) in [4.78, 5) is 21.0. The van der Waals surface area contributed by atoms with Crippen LogP contribution in [0.15, 0.2) is 48.9 Å². The first kappa shape index (κ1) is 18.2. The van der Waals surface area contributed by atoms with Crippen LogP contribution in [0.3, 0.4) is 0 Å². The van der Waals surface area contributed by atoms with Crippen LogP contribution < -0.4 is 10.1 Å². The van der Waals surface area contributed by atoms with E-state index in [1.54, 1.807) is 13.3 Å². The predicted octanol–water partition coefficient (Wildman–Crippen LogP) is 3.65. The molecule has 1 N–H and O–H groups in total. The molecule has 1 atom stereocenters. The molecule has 1 amide bonds. The van der Waals surface area contributed by atoms with Crippen molar-refractivity contribution < 1.29 is 9.53 Å². The molecule has 26 heavy (non-hydrogen) atoms. The zero-order chi connectivity index (χ0) is 18.7. The molecule has 2 heterocycles. The monoisotopic (exact) mass is 390 g/mol. The summed E-state index contributed by atoms with van der Waals surface area (Å²) in [6.45, 7) is 0. The average molecular weight is 391 g/mol. The summed E-state index contributed by atoms with van der Waals surface area (Å²) < 4.78 is 7.04. The minimum Gasteiger partial charge on any atom is -0.497 e. The molecule has 3 aromatic rings. The van der Waals surface area contributed by atoms with Crippen molar-refractivity contribution in [2.24, 2.45) is 7.05 Å². The van der Waals surface area contributed by atoms with Gasteiger partial charge in [-0.15, -0.1) is 0 Å². The lowest BCUT2D eigenvalue weighted by Gasteiger charge is -2.19. The molecule has 1 aromatic carbocycles. The fourth-order valence-electron chi connectivity index (χ4n) is 2.51. The molecule has 2 aromatic heterocycles. The van der Waals surface area contributed by atoms with Gasteiger partial charge in [-0.1, -0.05) is 35.3 Å². The summed E-state index contributed by atoms with van der Waals surface area (Å²) >= 11 is 11.8. The zero-order valence-corrected chi connectivity index (χ0v) is 15.6. The van der Waals surface area contributed by atoms with E-state index in [1.165, 1.54) is 12.3 Å². The average Bonchev–Trinajstić information content (AvgIpc) is 3.07. The fourth-order valence-corrected chi connectivity index (χ4v) is 2.78. The van der Waals surface area contributed by atoms with E-state index in [9.17, 15) is 4.79 Å². The van der Waals surface area contributed by atoms with Crippen LogP contribution in [-0.4, -0.2) is 27.6 Å². The van der Waals surface area contributed by atoms with E-state index in [0.717, 1.165) is 11.3 Å². The first-order valence-electron chi connectivity index (χ1n) is 7.72. The number of ether oxygens (including phenoxy) is 1. The summed E-state index contributed by atoms with van der Waals surface area (Å²) in [7, 11) is 3.47. The number of carbonyl (C=O) groups is 1. The van der Waals surface area contributed by atoms with Crippen LogP contribution in [0.4, 0.5) is 0 Å². The lowest BCUT2D eigenvalue weighted by molar-refractivity contribution is 0.0941. The number of hydrogen-bond donors (Lipinski definition) is 1. The van der Waals surface area contributed by atoms with Crippen LogP contribution in [0.5, 0.6) is 5.75 Å². The smallest absolute Gasteiger partial charge is 0.253 e. The summed E-state index contributed by atoms with van der Waals surface area (Å²) in [5, 5.41) is 3.34. The third kappa shape index (κ3) is 3.81. The van der Waals surface area contributed by atoms with Crippen molar-refractivity contribution in [3.63, 3.8) is 0 Å². The van der Waals surface area contributed by atoms with E-state index in [2.05, 4.69) is 15.3 Å². The van der Waals surface area contributed by atoms with Crippen molar-refractivity contribution in [3.05, 3.63) is 76.0 Å². The van der Waals surface area contributed by atoms with Crippen molar-refractivity contribution in [1.82, 2.24) is 19.9 Å². The fraction of sp³-hybridized carbons (Fsp3) is 0.167. The molecule has 0 saturated carbocycles. The number of hydrogen-bond acceptors (Lipinski definition) is 4. The third-order valence-electron chi connectivity index (χ3n) is 3.90. The Morgan fingerprint density at radius 3 is 2.54 bits per heavy atom. The van der Waals surface area contributed by atoms with E-state index in [4.69, 9.17) is 27.9 Å². The maximum atomic E-state index is 12.7. The summed E-state index contributed by atoms with van der Waals surface area (Å²) in [5.74, 6) is 1.09. The van der Waals surface area contributed by atoms with Crippen molar-refractivity contribution >= 4 is 29.1 Å². The van der Waals surface area contributed by atoms with Gasteiger partial charge >= 0.3 is 0 Å². The van der Waals surface area contributed by atoms with Crippen molar-refractivity contribution in [1.29, 1.82) is 0 Å². The second-order valence-electron chi connectivity index (χ2n) is 5.57. The Hall–Kier alpha value is -2.57. The van der Waals surface area contributed by atoms with Crippen molar-refractivity contribution in [2.45, 2.75) is 6.04 Å². The first-order valence-corrected chi connectivity index (χ1v) is 8.48. The Bertz CT molecular complexity index is 925. The summed E-state index contributed by atoms with van der Waals surface area (Å²) in [5.41, 5.74) is 1.17. The van der Waals surface area contributed by atoms with Gasteiger partial charge in [0.25, 0.3) is 5.91 Å². The van der Waals surface area contributed by atoms with Gasteiger partial charge in [-0.25, -0.2) is 9.97 Å². The highest BCUT2D eigenvalue weighted by molar-refractivity contribution is 6.41. The highest BCUT2D eigenvalue weighted by Crippen LogP contribution is 2.24. The number of aryl methyl sites for hydroxylation is 1. The number of benzene rings is 1. The molecule has 134 valence electrons. The van der Waals surface area contributed by atoms with Crippen LogP contribution in [0, 0.1) is 0 Å². The Labute approximate surface area is 160 Å². The number of methoxy groups -OCH3 is 1. The second-order valence-corrected chi connectivity index (χ2v) is 6.34. The number of nitrogens with one attached hydrogen (secondary N) is 1. The molecule has 3 rings (SSSR count). The number of rotatable bonds is 5. The van der Waals surface area contributed by atoms with Gasteiger partial charge in [-0.05, 0) is 23.8 Å². The zero-order valence-electron chi connectivity index (χ0n) is 14.1. The minimum atomic E-state index is -0.456. The highest BCUT2D eigenvalue weighted by atomic mass is 35.5. The number of pyridine rings is 1. The van der Waals surface area contributed by atoms with E-state index >= 15 is 0 Å². The van der Waals surface area contributed by atoms with E-state index in [1.807, 2.05) is 42.1 Å². The molecular formula is C18H16Cl2N4O2. The van der Waals surface area contributed by atoms with E-state index in [0.29, 0.717) is 11.4 Å². The van der Waals surface area contributed by atoms with Gasteiger partial charge in [0.15, 0.2) is 0 Å². The van der Waals surface area contributed by atoms with Crippen molar-refractivity contribution in [3.8, 4) is 5.75 Å². The van der Waals surface area contributed by atoms with Crippen LogP contribution in [-0.2, 0) is 7.05 Å². The molecule has 0 aliphatic rings. The van der Waals surface area contributed by atoms with Crippen molar-refractivity contribution in [2.75, 3.05) is 7.11 Å². The standard InChI is InChI=1S/C18H16Cl2N4O2/c1-24-8-7-21-17(24)15(11-3-5-13(26-2)6-4-11)23-18(25)12-9-14(19)16(20)22-10-12/h3-10,15H,1-2H3,(H,23,25). The topological polar surface area (TPSA) is 69.0 Å². The van der Waals surface area contributed by atoms with Gasteiger partial charge in [0, 0.05) is 25.6 Å². The Morgan fingerprint density at radius 2 is 1.96 bits per heavy atom. The minimum absolute atomic E-state index is 0.152. The SMILES string of the molecule is COc1ccc(C(NC(=O)c2cnc(Cl)c(Cl)c2)c2nccn2C)cc1. The third-order valence-corrected chi connectivity index (χ3v) is 4.59. The Morgan fingerprint density at radius 1 is 1.23 bits per heavy atom. The predicted molar refractivity (Wildman–Crippen MR) is 99.8 cm³/mol. The number of aromatic nitrogens is 3. The van der Waals surface area contributed by atoms with Crippen LogP contribution >= 0.6 is 23.2 Å². The van der Waals surface area contributed by atoms with Gasteiger partial charge in [-0.2, -0.15) is 0 Å². The van der Waals surface area contributed by atoms with Gasteiger partial charge < -0.3 is 14.6 Å². The van der Waals surface area contributed by atoms with E-state index in [-0.39, 0.29) is 16.1 Å². The molecule has 0 spiro atoms. The molecular weight excluding hydrogens is 375 g/mol. The number of nitrogens with zero attached hydrogens (tertiary/aromatic N) is 3. The first-order chi connectivity index (χ1) is 12.5. The normalized spacial score (nSPS) is 11.8. The van der Waals surface area contributed by atoms with Crippen LogP contribution in [0.25, 0.3) is 0 Å². The van der Waals surface area contributed by atoms with Gasteiger partial charge in [0.05, 0.1) is 17.7 Å². The number of imidazole rings is 1. The molecule has 0 fully saturated rings. The lowest BCUT2D eigenvalue weighted by Crippen LogP contribution is -2.31. The van der Waals surface area contributed by atoms with Crippen LogP contribution in [0.2, 0.25) is 10.2 Å². The molecule has 0 radical (unpaired) electrons. The number of amides is 1. The molecule has 0 bridgehead atoms. The molecule has 0 aliphatic heterocycles. The highest BCUT2D eigenvalue weighted by Gasteiger charge is 2.22. The summed E-state index contributed by atoms with van der Waals surface area (Å²) in [6.07, 6.45) is 4.88. The number of halogens is 2. The maximum absolute atomic E-state index is 12.7. The molecule has 0 aliphatic carbocycles. The maximum Gasteiger partial charge on any atom is 0.253 e. The molecule has 6 nitrogen and oxygen atoms in total. The molecule has 8 heteroatoms. The Balaban J connectivity index is 1.94. The summed E-state index contributed by atoms with van der Waals surface area (Å²) in [6, 6.07) is 8.45. The molecule has 0 saturated heterocycles. The van der Waals surface area contributed by atoms with Gasteiger partial charge in [-0.3, -0.25) is 4.79 Å². The second kappa shape index (κ2) is 7.76. The van der Waals surface area contributed by atoms with Gasteiger partial charge in [0.1, 0.15) is 22.8 Å². The molecule has 1 unspecified atom stereocenters. The largest absolute Gasteiger partial charge is 0.497 e. The van der Waals surface area contributed by atoms with Crippen LogP contribution in [0.1, 0.15) is 27.8 Å². The van der Waals surface area contributed by atoms with E-state index < -0.39 is 6.04 Å².